The first-order valence-corrected chi connectivity index (χ1v) is 9.12. The SMILES string of the molecule is CC(C)N(C(=O)CN1CCC(O)(c2ccc(Cl)cc2)CC1)C(C)C. The van der Waals surface area contributed by atoms with Gasteiger partial charge in [-0.15, -0.1) is 0 Å². The van der Waals surface area contributed by atoms with Gasteiger partial charge in [-0.25, -0.2) is 0 Å². The number of rotatable bonds is 5. The van der Waals surface area contributed by atoms with Crippen molar-refractivity contribution in [1.29, 1.82) is 0 Å². The number of hydrogen-bond donors (Lipinski definition) is 1. The molecule has 0 aliphatic carbocycles. The van der Waals surface area contributed by atoms with Crippen LogP contribution in [0.5, 0.6) is 0 Å². The first-order valence-electron chi connectivity index (χ1n) is 8.75. The molecule has 134 valence electrons. The molecule has 4 nitrogen and oxygen atoms in total. The molecule has 1 N–H and O–H groups in total. The molecule has 1 heterocycles. The Balaban J connectivity index is 1.95. The van der Waals surface area contributed by atoms with Crippen molar-refractivity contribution in [1.82, 2.24) is 9.80 Å². The highest BCUT2D eigenvalue weighted by Gasteiger charge is 2.35. The summed E-state index contributed by atoms with van der Waals surface area (Å²) in [5.74, 6) is 0.164. The number of halogens is 1. The number of nitrogens with zero attached hydrogens (tertiary/aromatic N) is 2. The van der Waals surface area contributed by atoms with Crippen LogP contribution in [0, 0.1) is 0 Å². The molecule has 0 unspecified atom stereocenters. The Morgan fingerprint density at radius 3 is 2.12 bits per heavy atom. The second kappa shape index (κ2) is 7.85. The van der Waals surface area contributed by atoms with E-state index in [1.165, 1.54) is 0 Å². The van der Waals surface area contributed by atoms with Crippen LogP contribution in [-0.4, -0.2) is 52.5 Å². The molecule has 1 aromatic rings. The number of piperidine rings is 1. The topological polar surface area (TPSA) is 43.8 Å². The zero-order chi connectivity index (χ0) is 17.9. The Morgan fingerprint density at radius 1 is 1.17 bits per heavy atom. The van der Waals surface area contributed by atoms with Gasteiger partial charge in [-0.2, -0.15) is 0 Å². The Hall–Kier alpha value is -1.10. The fourth-order valence-corrected chi connectivity index (χ4v) is 3.70. The summed E-state index contributed by atoms with van der Waals surface area (Å²) in [5.41, 5.74) is 0.0868. The number of hydrogen-bond acceptors (Lipinski definition) is 3. The predicted molar refractivity (Wildman–Crippen MR) is 98.1 cm³/mol. The molecule has 1 fully saturated rings. The largest absolute Gasteiger partial charge is 0.385 e. The van der Waals surface area contributed by atoms with Crippen LogP contribution in [0.1, 0.15) is 46.1 Å². The number of amides is 1. The molecule has 5 heteroatoms. The minimum absolute atomic E-state index is 0.164. The lowest BCUT2D eigenvalue weighted by molar-refractivity contribution is -0.137. The van der Waals surface area contributed by atoms with Crippen LogP contribution in [0.25, 0.3) is 0 Å². The first-order chi connectivity index (χ1) is 11.2. The molecular weight excluding hydrogens is 324 g/mol. The third-order valence-electron chi connectivity index (χ3n) is 4.82. The number of carbonyl (C=O) groups is 1. The zero-order valence-electron chi connectivity index (χ0n) is 15.1. The van der Waals surface area contributed by atoms with Crippen LogP contribution in [0.4, 0.5) is 0 Å². The maximum Gasteiger partial charge on any atom is 0.237 e. The van der Waals surface area contributed by atoms with Gasteiger partial charge < -0.3 is 10.0 Å². The molecule has 1 aliphatic rings. The third-order valence-corrected chi connectivity index (χ3v) is 5.08. The van der Waals surface area contributed by atoms with E-state index in [1.807, 2.05) is 56.9 Å². The molecule has 24 heavy (non-hydrogen) atoms. The lowest BCUT2D eigenvalue weighted by Crippen LogP contribution is -2.50. The van der Waals surface area contributed by atoms with Gasteiger partial charge in [-0.1, -0.05) is 23.7 Å². The van der Waals surface area contributed by atoms with Gasteiger partial charge in [0.2, 0.25) is 5.91 Å². The van der Waals surface area contributed by atoms with Crippen LogP contribution >= 0.6 is 11.6 Å². The first kappa shape index (κ1) is 19.2. The minimum atomic E-state index is -0.820. The smallest absolute Gasteiger partial charge is 0.237 e. The standard InChI is InChI=1S/C19H29ClN2O2/c1-14(2)22(15(3)4)18(23)13-21-11-9-19(24,10-12-21)16-5-7-17(20)8-6-16/h5-8,14-15,24H,9-13H2,1-4H3. The molecule has 1 aromatic carbocycles. The van der Waals surface area contributed by atoms with Gasteiger partial charge in [0.1, 0.15) is 0 Å². The lowest BCUT2D eigenvalue weighted by Gasteiger charge is -2.39. The summed E-state index contributed by atoms with van der Waals surface area (Å²) in [5, 5.41) is 11.6. The minimum Gasteiger partial charge on any atom is -0.385 e. The average molecular weight is 353 g/mol. The van der Waals surface area contributed by atoms with Gasteiger partial charge >= 0.3 is 0 Å². The lowest BCUT2D eigenvalue weighted by atomic mass is 9.84. The molecular formula is C19H29ClN2O2. The number of benzene rings is 1. The fraction of sp³-hybridized carbons (Fsp3) is 0.632. The van der Waals surface area contributed by atoms with Gasteiger partial charge in [0, 0.05) is 30.2 Å². The highest BCUT2D eigenvalue weighted by molar-refractivity contribution is 6.30. The second-order valence-electron chi connectivity index (χ2n) is 7.30. The van der Waals surface area contributed by atoms with Crippen LogP contribution in [-0.2, 0) is 10.4 Å². The Bertz CT molecular complexity index is 541. The van der Waals surface area contributed by atoms with Crippen LogP contribution in [0.3, 0.4) is 0 Å². The van der Waals surface area contributed by atoms with E-state index in [-0.39, 0.29) is 18.0 Å². The molecule has 2 rings (SSSR count). The molecule has 0 atom stereocenters. The van der Waals surface area contributed by atoms with E-state index in [4.69, 9.17) is 11.6 Å². The summed E-state index contributed by atoms with van der Waals surface area (Å²) in [6, 6.07) is 7.81. The summed E-state index contributed by atoms with van der Waals surface area (Å²) >= 11 is 5.93. The Labute approximate surface area is 150 Å². The molecule has 0 saturated carbocycles. The van der Waals surface area contributed by atoms with Crippen molar-refractivity contribution in [2.45, 2.75) is 58.2 Å². The quantitative estimate of drug-likeness (QED) is 0.884. The van der Waals surface area contributed by atoms with Crippen LogP contribution in [0.2, 0.25) is 5.02 Å². The summed E-state index contributed by atoms with van der Waals surface area (Å²) < 4.78 is 0. The molecule has 1 amide bonds. The van der Waals surface area contributed by atoms with Crippen molar-refractivity contribution < 1.29 is 9.90 Å². The Morgan fingerprint density at radius 2 is 1.67 bits per heavy atom. The highest BCUT2D eigenvalue weighted by atomic mass is 35.5. The molecule has 0 aromatic heterocycles. The normalized spacial score (nSPS) is 18.2. The van der Waals surface area contributed by atoms with E-state index in [1.54, 1.807) is 0 Å². The maximum atomic E-state index is 12.6. The third kappa shape index (κ3) is 4.50. The molecule has 0 bridgehead atoms. The van der Waals surface area contributed by atoms with Gasteiger partial charge in [0.05, 0.1) is 12.1 Å². The molecule has 0 spiro atoms. The van der Waals surface area contributed by atoms with E-state index in [2.05, 4.69) is 4.90 Å². The predicted octanol–water partition coefficient (Wildman–Crippen LogP) is 3.27. The van der Waals surface area contributed by atoms with Gasteiger partial charge in [0.25, 0.3) is 0 Å². The molecule has 1 saturated heterocycles. The van der Waals surface area contributed by atoms with Crippen molar-refractivity contribution in [2.75, 3.05) is 19.6 Å². The van der Waals surface area contributed by atoms with E-state index in [0.29, 0.717) is 24.4 Å². The van der Waals surface area contributed by atoms with E-state index in [0.717, 1.165) is 18.7 Å². The van der Waals surface area contributed by atoms with Crippen molar-refractivity contribution in [3.8, 4) is 0 Å². The van der Waals surface area contributed by atoms with E-state index in [9.17, 15) is 9.90 Å². The maximum absolute atomic E-state index is 12.6. The number of likely N-dealkylation sites (tertiary alicyclic amines) is 1. The van der Waals surface area contributed by atoms with Crippen LogP contribution < -0.4 is 0 Å². The van der Waals surface area contributed by atoms with Crippen molar-refractivity contribution in [2.24, 2.45) is 0 Å². The van der Waals surface area contributed by atoms with Gasteiger partial charge in [-0.3, -0.25) is 9.69 Å². The highest BCUT2D eigenvalue weighted by Crippen LogP contribution is 2.33. The summed E-state index contributed by atoms with van der Waals surface area (Å²) in [4.78, 5) is 16.6. The van der Waals surface area contributed by atoms with E-state index < -0.39 is 5.60 Å². The summed E-state index contributed by atoms with van der Waals surface area (Å²) in [7, 11) is 0. The van der Waals surface area contributed by atoms with Crippen molar-refractivity contribution in [3.05, 3.63) is 34.9 Å². The average Bonchev–Trinajstić information content (AvgIpc) is 2.49. The summed E-state index contributed by atoms with van der Waals surface area (Å²) in [6.45, 7) is 10.1. The van der Waals surface area contributed by atoms with Gasteiger partial charge in [0.15, 0.2) is 0 Å². The van der Waals surface area contributed by atoms with Gasteiger partial charge in [-0.05, 0) is 58.2 Å². The number of aliphatic hydroxyl groups is 1. The second-order valence-corrected chi connectivity index (χ2v) is 7.74. The van der Waals surface area contributed by atoms with E-state index >= 15 is 0 Å². The molecule has 1 aliphatic heterocycles. The number of carbonyl (C=O) groups excluding carboxylic acids is 1. The van der Waals surface area contributed by atoms with Crippen molar-refractivity contribution >= 4 is 17.5 Å². The zero-order valence-corrected chi connectivity index (χ0v) is 15.9. The summed E-state index contributed by atoms with van der Waals surface area (Å²) in [6.07, 6.45) is 1.26. The Kier molecular flexibility index (Phi) is 6.29. The van der Waals surface area contributed by atoms with Crippen molar-refractivity contribution in [3.63, 3.8) is 0 Å². The fourth-order valence-electron chi connectivity index (χ4n) is 3.58. The van der Waals surface area contributed by atoms with Crippen LogP contribution in [0.15, 0.2) is 24.3 Å². The molecule has 0 radical (unpaired) electrons. The monoisotopic (exact) mass is 352 g/mol.